The van der Waals surface area contributed by atoms with Crippen molar-refractivity contribution in [2.24, 2.45) is 0 Å². The van der Waals surface area contributed by atoms with Crippen molar-refractivity contribution in [2.45, 2.75) is 6.54 Å². The van der Waals surface area contributed by atoms with Gasteiger partial charge in [-0.15, -0.1) is 0 Å². The maximum atomic E-state index is 5.90. The Morgan fingerprint density at radius 1 is 0.656 bits per heavy atom. The smallest absolute Gasteiger partial charge is 0.203 e. The molecule has 4 rings (SSSR count). The lowest BCUT2D eigenvalue weighted by Crippen LogP contribution is -2.46. The van der Waals surface area contributed by atoms with Gasteiger partial charge in [-0.1, -0.05) is 24.3 Å². The molecule has 0 atom stereocenters. The number of piperazine rings is 1. The molecule has 1 aliphatic rings. The molecule has 1 fully saturated rings. The average molecular weight is 435 g/mol. The summed E-state index contributed by atoms with van der Waals surface area (Å²) in [6, 6.07) is 22.2. The van der Waals surface area contributed by atoms with Crippen molar-refractivity contribution < 1.29 is 18.9 Å². The molecule has 168 valence electrons. The lowest BCUT2D eigenvalue weighted by molar-refractivity contribution is 0.244. The maximum Gasteiger partial charge on any atom is 0.203 e. The molecule has 0 aromatic heterocycles. The summed E-state index contributed by atoms with van der Waals surface area (Å²) in [6.07, 6.45) is 0. The van der Waals surface area contributed by atoms with Crippen molar-refractivity contribution in [3.05, 3.63) is 72.3 Å². The zero-order chi connectivity index (χ0) is 22.3. The van der Waals surface area contributed by atoms with Crippen LogP contribution in [0.5, 0.6) is 28.7 Å². The van der Waals surface area contributed by atoms with Crippen LogP contribution in [0.2, 0.25) is 0 Å². The summed E-state index contributed by atoms with van der Waals surface area (Å²) in [5.74, 6) is 3.75. The second kappa shape index (κ2) is 10.3. The Morgan fingerprint density at radius 3 is 1.94 bits per heavy atom. The van der Waals surface area contributed by atoms with Gasteiger partial charge in [0, 0.05) is 44.0 Å². The van der Waals surface area contributed by atoms with Crippen molar-refractivity contribution >= 4 is 5.69 Å². The zero-order valence-corrected chi connectivity index (χ0v) is 18.9. The van der Waals surface area contributed by atoms with Gasteiger partial charge in [-0.25, -0.2) is 0 Å². The number of benzene rings is 3. The van der Waals surface area contributed by atoms with Crippen LogP contribution in [0.15, 0.2) is 66.7 Å². The fraction of sp³-hybridized carbons (Fsp3) is 0.308. The van der Waals surface area contributed by atoms with E-state index in [2.05, 4.69) is 28.0 Å². The summed E-state index contributed by atoms with van der Waals surface area (Å²) in [4.78, 5) is 4.85. The number of hydrogen-bond acceptors (Lipinski definition) is 6. The molecule has 1 heterocycles. The lowest BCUT2D eigenvalue weighted by atomic mass is 10.1. The Morgan fingerprint density at radius 2 is 1.31 bits per heavy atom. The number of rotatable bonds is 8. The van der Waals surface area contributed by atoms with Gasteiger partial charge in [0.05, 0.1) is 21.3 Å². The first kappa shape index (κ1) is 21.8. The Balaban J connectivity index is 1.35. The molecule has 1 aliphatic heterocycles. The van der Waals surface area contributed by atoms with Crippen LogP contribution in [0.25, 0.3) is 0 Å². The summed E-state index contributed by atoms with van der Waals surface area (Å²) in [5.41, 5.74) is 2.31. The van der Waals surface area contributed by atoms with Gasteiger partial charge in [0.2, 0.25) is 5.75 Å². The molecule has 0 amide bonds. The summed E-state index contributed by atoms with van der Waals surface area (Å²) in [5, 5.41) is 0. The number of methoxy groups -OCH3 is 3. The van der Waals surface area contributed by atoms with Crippen LogP contribution < -0.4 is 23.8 Å². The second-order valence-electron chi connectivity index (χ2n) is 7.67. The van der Waals surface area contributed by atoms with Crippen molar-refractivity contribution in [3.63, 3.8) is 0 Å². The van der Waals surface area contributed by atoms with E-state index < -0.39 is 0 Å². The minimum absolute atomic E-state index is 0.643. The van der Waals surface area contributed by atoms with E-state index in [1.807, 2.05) is 48.5 Å². The Labute approximate surface area is 189 Å². The van der Waals surface area contributed by atoms with E-state index in [0.717, 1.165) is 55.5 Å². The minimum Gasteiger partial charge on any atom is -0.493 e. The first-order valence-corrected chi connectivity index (χ1v) is 10.8. The molecular weight excluding hydrogens is 404 g/mol. The molecule has 0 saturated carbocycles. The van der Waals surface area contributed by atoms with E-state index in [1.165, 1.54) is 5.69 Å². The van der Waals surface area contributed by atoms with Crippen molar-refractivity contribution in [1.82, 2.24) is 4.90 Å². The fourth-order valence-electron chi connectivity index (χ4n) is 4.04. The van der Waals surface area contributed by atoms with Gasteiger partial charge in [0.15, 0.2) is 11.5 Å². The molecule has 6 heteroatoms. The minimum atomic E-state index is 0.643. The Bertz CT molecular complexity index is 1000. The fourth-order valence-corrected chi connectivity index (χ4v) is 4.04. The molecule has 32 heavy (non-hydrogen) atoms. The van der Waals surface area contributed by atoms with E-state index in [0.29, 0.717) is 11.5 Å². The molecule has 6 nitrogen and oxygen atoms in total. The summed E-state index contributed by atoms with van der Waals surface area (Å²) in [7, 11) is 4.94. The van der Waals surface area contributed by atoms with E-state index >= 15 is 0 Å². The van der Waals surface area contributed by atoms with Crippen LogP contribution in [-0.4, -0.2) is 52.4 Å². The Hall–Kier alpha value is -3.38. The highest BCUT2D eigenvalue weighted by molar-refractivity contribution is 5.56. The van der Waals surface area contributed by atoms with Gasteiger partial charge in [-0.3, -0.25) is 4.90 Å². The molecule has 0 aliphatic carbocycles. The number of nitrogens with zero attached hydrogens (tertiary/aromatic N) is 2. The van der Waals surface area contributed by atoms with Crippen LogP contribution in [0.1, 0.15) is 5.56 Å². The van der Waals surface area contributed by atoms with Crippen LogP contribution in [0.4, 0.5) is 5.69 Å². The molecule has 0 N–H and O–H groups in total. The molecule has 3 aromatic rings. The van der Waals surface area contributed by atoms with E-state index in [-0.39, 0.29) is 0 Å². The normalized spacial score (nSPS) is 14.2. The molecular formula is C26H30N2O4. The maximum absolute atomic E-state index is 5.90. The number of hydrogen-bond donors (Lipinski definition) is 0. The number of para-hydroxylation sites is 1. The van der Waals surface area contributed by atoms with Gasteiger partial charge in [0.1, 0.15) is 11.5 Å². The predicted molar refractivity (Wildman–Crippen MR) is 127 cm³/mol. The zero-order valence-electron chi connectivity index (χ0n) is 18.9. The van der Waals surface area contributed by atoms with Crippen molar-refractivity contribution in [2.75, 3.05) is 52.4 Å². The third-order valence-corrected chi connectivity index (χ3v) is 5.73. The lowest BCUT2D eigenvalue weighted by Gasteiger charge is -2.36. The summed E-state index contributed by atoms with van der Waals surface area (Å²) < 4.78 is 22.5. The van der Waals surface area contributed by atoms with Gasteiger partial charge in [0.25, 0.3) is 0 Å². The molecule has 0 unspecified atom stereocenters. The highest BCUT2D eigenvalue weighted by atomic mass is 16.5. The van der Waals surface area contributed by atoms with Crippen molar-refractivity contribution in [1.29, 1.82) is 0 Å². The van der Waals surface area contributed by atoms with Gasteiger partial charge >= 0.3 is 0 Å². The molecule has 1 saturated heterocycles. The van der Waals surface area contributed by atoms with Crippen LogP contribution in [0, 0.1) is 0 Å². The van der Waals surface area contributed by atoms with Gasteiger partial charge in [-0.2, -0.15) is 0 Å². The van der Waals surface area contributed by atoms with E-state index in [9.17, 15) is 0 Å². The predicted octanol–water partition coefficient (Wildman–Crippen LogP) is 4.83. The topological polar surface area (TPSA) is 43.4 Å². The monoisotopic (exact) mass is 434 g/mol. The largest absolute Gasteiger partial charge is 0.493 e. The van der Waals surface area contributed by atoms with Crippen molar-refractivity contribution in [3.8, 4) is 28.7 Å². The van der Waals surface area contributed by atoms with E-state index in [4.69, 9.17) is 18.9 Å². The third kappa shape index (κ3) is 4.92. The van der Waals surface area contributed by atoms with Gasteiger partial charge in [-0.05, 0) is 42.5 Å². The molecule has 0 spiro atoms. The number of anilines is 1. The van der Waals surface area contributed by atoms with Crippen LogP contribution >= 0.6 is 0 Å². The molecule has 0 radical (unpaired) electrons. The summed E-state index contributed by atoms with van der Waals surface area (Å²) in [6.45, 7) is 4.68. The van der Waals surface area contributed by atoms with Crippen LogP contribution in [0.3, 0.4) is 0 Å². The van der Waals surface area contributed by atoms with Gasteiger partial charge < -0.3 is 23.8 Å². The van der Waals surface area contributed by atoms with E-state index in [1.54, 1.807) is 21.3 Å². The van der Waals surface area contributed by atoms with Crippen LogP contribution in [-0.2, 0) is 6.54 Å². The third-order valence-electron chi connectivity index (χ3n) is 5.73. The summed E-state index contributed by atoms with van der Waals surface area (Å²) >= 11 is 0. The highest BCUT2D eigenvalue weighted by Gasteiger charge is 2.21. The molecule has 3 aromatic carbocycles. The number of ether oxygens (including phenoxy) is 4. The first-order chi connectivity index (χ1) is 15.7. The quantitative estimate of drug-likeness (QED) is 0.506. The SMILES string of the molecule is COc1ccc(CN2CCN(c3ccc(Oc4ccccc4)cc3)CC2)c(OC)c1OC. The average Bonchev–Trinajstić information content (AvgIpc) is 2.85. The highest BCUT2D eigenvalue weighted by Crippen LogP contribution is 2.40. The standard InChI is InChI=1S/C26H30N2O4/c1-29-24-14-9-20(25(30-2)26(24)31-3)19-27-15-17-28(18-16-27)21-10-12-23(13-11-21)32-22-7-5-4-6-8-22/h4-14H,15-19H2,1-3H3. The second-order valence-corrected chi connectivity index (χ2v) is 7.67. The molecule has 0 bridgehead atoms. The first-order valence-electron chi connectivity index (χ1n) is 10.8. The Kier molecular flexibility index (Phi) is 7.02.